The van der Waals surface area contributed by atoms with Crippen molar-refractivity contribution in [2.45, 2.75) is 57.3 Å². The molecule has 0 aliphatic rings. The first kappa shape index (κ1) is 15.2. The molecule has 0 saturated heterocycles. The highest BCUT2D eigenvalue weighted by Crippen LogP contribution is 2.32. The normalized spacial score (nSPS) is 14.6. The second-order valence-corrected chi connectivity index (χ2v) is 7.18. The van der Waals surface area contributed by atoms with Gasteiger partial charge in [-0.15, -0.1) is 0 Å². The molecule has 0 radical (unpaired) electrons. The smallest absolute Gasteiger partial charge is 0.282 e. The van der Waals surface area contributed by atoms with Crippen molar-refractivity contribution in [2.24, 2.45) is 0 Å². The topological polar surface area (TPSA) is 54.4 Å². The molecule has 1 aromatic carbocycles. The van der Waals surface area contributed by atoms with Gasteiger partial charge in [0.15, 0.2) is 0 Å². The van der Waals surface area contributed by atoms with Crippen LogP contribution in [0.15, 0.2) is 23.1 Å². The van der Waals surface area contributed by atoms with E-state index < -0.39 is 10.1 Å². The summed E-state index contributed by atoms with van der Waals surface area (Å²) in [5, 5.41) is 0. The number of benzene rings is 1. The second kappa shape index (κ2) is 5.02. The van der Waals surface area contributed by atoms with Crippen LogP contribution >= 0.6 is 0 Å². The van der Waals surface area contributed by atoms with Crippen LogP contribution in [0.2, 0.25) is 0 Å². The molecule has 1 rings (SSSR count). The quantitative estimate of drug-likeness (QED) is 0.851. The maximum Gasteiger partial charge on any atom is 0.294 e. The predicted molar refractivity (Wildman–Crippen MR) is 73.7 cm³/mol. The van der Waals surface area contributed by atoms with Crippen LogP contribution in [0.4, 0.5) is 0 Å². The number of rotatable bonds is 3. The van der Waals surface area contributed by atoms with Gasteiger partial charge in [-0.3, -0.25) is 4.55 Å². The van der Waals surface area contributed by atoms with Gasteiger partial charge in [0, 0.05) is 0 Å². The van der Waals surface area contributed by atoms with Crippen LogP contribution < -0.4 is 0 Å². The van der Waals surface area contributed by atoms with Gasteiger partial charge in [-0.05, 0) is 34.9 Å². The Hall–Kier alpha value is -0.870. The summed E-state index contributed by atoms with van der Waals surface area (Å²) < 4.78 is 32.4. The van der Waals surface area contributed by atoms with Crippen molar-refractivity contribution in [1.82, 2.24) is 0 Å². The Bertz CT molecular complexity index is 524. The molecule has 1 aromatic rings. The van der Waals surface area contributed by atoms with Crippen molar-refractivity contribution in [3.8, 4) is 0 Å². The SMILES string of the molecule is CCC(C)c1ccc(C(C)(C)C)c(S(=O)(=O)O)c1. The fourth-order valence-corrected chi connectivity index (χ4v) is 2.85. The van der Waals surface area contributed by atoms with Crippen LogP contribution in [0.3, 0.4) is 0 Å². The molecule has 0 aromatic heterocycles. The lowest BCUT2D eigenvalue weighted by molar-refractivity contribution is 0.475. The molecule has 0 aliphatic carbocycles. The van der Waals surface area contributed by atoms with Gasteiger partial charge in [-0.1, -0.05) is 46.8 Å². The summed E-state index contributed by atoms with van der Waals surface area (Å²) in [5.74, 6) is 0.277. The third kappa shape index (κ3) is 3.33. The summed E-state index contributed by atoms with van der Waals surface area (Å²) in [4.78, 5) is 0.0350. The fraction of sp³-hybridized carbons (Fsp3) is 0.571. The van der Waals surface area contributed by atoms with Crippen molar-refractivity contribution in [3.05, 3.63) is 29.3 Å². The van der Waals surface area contributed by atoms with Crippen molar-refractivity contribution in [3.63, 3.8) is 0 Å². The molecule has 1 unspecified atom stereocenters. The van der Waals surface area contributed by atoms with Gasteiger partial charge in [-0.2, -0.15) is 8.42 Å². The van der Waals surface area contributed by atoms with Crippen molar-refractivity contribution in [1.29, 1.82) is 0 Å². The highest BCUT2D eigenvalue weighted by molar-refractivity contribution is 7.85. The van der Waals surface area contributed by atoms with Gasteiger partial charge >= 0.3 is 0 Å². The summed E-state index contributed by atoms with van der Waals surface area (Å²) in [6.45, 7) is 9.88. The molecule has 0 bridgehead atoms. The predicted octanol–water partition coefficient (Wildman–Crippen LogP) is 3.74. The lowest BCUT2D eigenvalue weighted by Gasteiger charge is -2.23. The maximum absolute atomic E-state index is 11.5. The Morgan fingerprint density at radius 3 is 2.22 bits per heavy atom. The van der Waals surface area contributed by atoms with Crippen LogP contribution in [0, 0.1) is 0 Å². The Labute approximate surface area is 110 Å². The summed E-state index contributed by atoms with van der Waals surface area (Å²) in [7, 11) is -4.18. The highest BCUT2D eigenvalue weighted by Gasteiger charge is 2.25. The van der Waals surface area contributed by atoms with E-state index in [0.717, 1.165) is 12.0 Å². The zero-order valence-corrected chi connectivity index (χ0v) is 12.5. The molecule has 1 atom stereocenters. The van der Waals surface area contributed by atoms with E-state index in [0.29, 0.717) is 5.56 Å². The second-order valence-electron chi connectivity index (χ2n) is 5.79. The summed E-state index contributed by atoms with van der Waals surface area (Å²) >= 11 is 0. The molecule has 0 saturated carbocycles. The van der Waals surface area contributed by atoms with Crippen molar-refractivity contribution >= 4 is 10.1 Å². The third-order valence-corrected chi connectivity index (χ3v) is 4.17. The first-order valence-electron chi connectivity index (χ1n) is 6.19. The highest BCUT2D eigenvalue weighted by atomic mass is 32.2. The van der Waals surface area contributed by atoms with Gasteiger partial charge in [0.1, 0.15) is 0 Å². The van der Waals surface area contributed by atoms with Crippen molar-refractivity contribution < 1.29 is 13.0 Å². The van der Waals surface area contributed by atoms with E-state index >= 15 is 0 Å². The van der Waals surface area contributed by atoms with E-state index in [4.69, 9.17) is 0 Å². The molecule has 0 aliphatic heterocycles. The van der Waals surface area contributed by atoms with E-state index in [1.807, 2.05) is 39.8 Å². The monoisotopic (exact) mass is 270 g/mol. The zero-order chi connectivity index (χ0) is 14.1. The van der Waals surface area contributed by atoms with E-state index in [2.05, 4.69) is 6.92 Å². The molecular weight excluding hydrogens is 248 g/mol. The van der Waals surface area contributed by atoms with E-state index in [-0.39, 0.29) is 16.2 Å². The molecule has 0 spiro atoms. The molecule has 0 amide bonds. The molecule has 102 valence electrons. The summed E-state index contributed by atoms with van der Waals surface area (Å²) in [6.07, 6.45) is 0.930. The molecule has 4 heteroatoms. The van der Waals surface area contributed by atoms with Gasteiger partial charge in [0.2, 0.25) is 0 Å². The van der Waals surface area contributed by atoms with Crippen LogP contribution in [0.5, 0.6) is 0 Å². The Balaban J connectivity index is 3.50. The van der Waals surface area contributed by atoms with Gasteiger partial charge in [0.05, 0.1) is 4.90 Å². The largest absolute Gasteiger partial charge is 0.294 e. The first-order chi connectivity index (χ1) is 8.07. The Kier molecular flexibility index (Phi) is 4.23. The van der Waals surface area contributed by atoms with Gasteiger partial charge < -0.3 is 0 Å². The van der Waals surface area contributed by atoms with E-state index in [9.17, 15) is 13.0 Å². The lowest BCUT2D eigenvalue weighted by Crippen LogP contribution is -2.17. The molecule has 3 nitrogen and oxygen atoms in total. The summed E-state index contributed by atoms with van der Waals surface area (Å²) in [6, 6.07) is 5.36. The molecule has 18 heavy (non-hydrogen) atoms. The van der Waals surface area contributed by atoms with Gasteiger partial charge in [-0.25, -0.2) is 0 Å². The Morgan fingerprint density at radius 2 is 1.83 bits per heavy atom. The Morgan fingerprint density at radius 1 is 1.28 bits per heavy atom. The maximum atomic E-state index is 11.5. The fourth-order valence-electron chi connectivity index (χ4n) is 1.91. The van der Waals surface area contributed by atoms with Crippen LogP contribution in [-0.2, 0) is 15.5 Å². The minimum atomic E-state index is -4.18. The molecule has 1 N–H and O–H groups in total. The first-order valence-corrected chi connectivity index (χ1v) is 7.63. The standard InChI is InChI=1S/C14H22O3S/c1-6-10(2)11-7-8-12(14(3,4)5)13(9-11)18(15,16)17/h7-10H,6H2,1-5H3,(H,15,16,17). The minimum absolute atomic E-state index is 0.0350. The summed E-state index contributed by atoms with van der Waals surface area (Å²) in [5.41, 5.74) is 1.27. The number of hydrogen-bond donors (Lipinski definition) is 1. The molecule has 0 heterocycles. The zero-order valence-electron chi connectivity index (χ0n) is 11.7. The van der Waals surface area contributed by atoms with Crippen molar-refractivity contribution in [2.75, 3.05) is 0 Å². The number of hydrogen-bond acceptors (Lipinski definition) is 2. The molecule has 0 fully saturated rings. The van der Waals surface area contributed by atoms with Gasteiger partial charge in [0.25, 0.3) is 10.1 Å². The van der Waals surface area contributed by atoms with E-state index in [1.54, 1.807) is 6.07 Å². The average molecular weight is 270 g/mol. The van der Waals surface area contributed by atoms with Crippen LogP contribution in [0.25, 0.3) is 0 Å². The third-order valence-electron chi connectivity index (χ3n) is 3.27. The van der Waals surface area contributed by atoms with E-state index in [1.165, 1.54) is 0 Å². The minimum Gasteiger partial charge on any atom is -0.282 e. The molecular formula is C14H22O3S. The average Bonchev–Trinajstić information content (AvgIpc) is 2.24. The van der Waals surface area contributed by atoms with Crippen LogP contribution in [0.1, 0.15) is 58.1 Å². The van der Waals surface area contributed by atoms with Crippen LogP contribution in [-0.4, -0.2) is 13.0 Å². The lowest BCUT2D eigenvalue weighted by atomic mass is 9.85.